The summed E-state index contributed by atoms with van der Waals surface area (Å²) in [6.45, 7) is 3.81. The first-order chi connectivity index (χ1) is 11.2. The van der Waals surface area contributed by atoms with Gasteiger partial charge in [-0.05, 0) is 43.7 Å². The predicted molar refractivity (Wildman–Crippen MR) is 86.7 cm³/mol. The number of hydrogen-bond acceptors (Lipinski definition) is 3. The maximum Gasteiger partial charge on any atom is 0.123 e. The maximum atomic E-state index is 12.9. The Hall–Kier alpha value is -2.47. The minimum absolute atomic E-state index is 0.242. The number of nitrogens with one attached hydrogen (secondary N) is 1. The molecule has 23 heavy (non-hydrogen) atoms. The van der Waals surface area contributed by atoms with Crippen LogP contribution in [0.1, 0.15) is 18.9 Å². The van der Waals surface area contributed by atoms with Crippen molar-refractivity contribution >= 4 is 0 Å². The summed E-state index contributed by atoms with van der Waals surface area (Å²) in [5, 5.41) is 12.0. The molecule has 0 spiro atoms. The highest BCUT2D eigenvalue weighted by atomic mass is 19.1. The van der Waals surface area contributed by atoms with E-state index in [1.165, 1.54) is 12.1 Å². The lowest BCUT2D eigenvalue weighted by molar-refractivity contribution is 0.458. The Morgan fingerprint density at radius 2 is 2.04 bits per heavy atom. The standard InChI is InChI=1S/C17H20FN5/c1-14(7-10-22-9-2-8-20-22)19-11-15-12-21-23(13-15)17-5-3-16(18)4-6-17/h2-6,8-9,12-14,19H,7,10-11H2,1H3/t14-/m0/s1. The smallest absolute Gasteiger partial charge is 0.123 e. The monoisotopic (exact) mass is 313 g/mol. The highest BCUT2D eigenvalue weighted by Crippen LogP contribution is 2.09. The molecule has 3 aromatic rings. The normalized spacial score (nSPS) is 12.4. The number of rotatable bonds is 7. The third kappa shape index (κ3) is 4.26. The van der Waals surface area contributed by atoms with E-state index in [0.29, 0.717) is 6.04 Å². The second-order valence-corrected chi connectivity index (χ2v) is 5.61. The first-order valence-corrected chi connectivity index (χ1v) is 7.71. The molecule has 0 saturated carbocycles. The summed E-state index contributed by atoms with van der Waals surface area (Å²) in [6, 6.07) is 8.62. The Morgan fingerprint density at radius 1 is 1.22 bits per heavy atom. The van der Waals surface area contributed by atoms with E-state index in [4.69, 9.17) is 0 Å². The molecule has 1 N–H and O–H groups in total. The average molecular weight is 313 g/mol. The fourth-order valence-corrected chi connectivity index (χ4v) is 2.34. The Bertz CT molecular complexity index is 718. The van der Waals surface area contributed by atoms with Gasteiger partial charge in [0.25, 0.3) is 0 Å². The molecule has 6 heteroatoms. The van der Waals surface area contributed by atoms with Crippen LogP contribution in [0.3, 0.4) is 0 Å². The van der Waals surface area contributed by atoms with Gasteiger partial charge in [0.15, 0.2) is 0 Å². The number of aryl methyl sites for hydroxylation is 1. The molecular weight excluding hydrogens is 293 g/mol. The van der Waals surface area contributed by atoms with Crippen LogP contribution >= 0.6 is 0 Å². The van der Waals surface area contributed by atoms with Crippen LogP contribution in [-0.4, -0.2) is 25.6 Å². The molecule has 0 aliphatic carbocycles. The number of aromatic nitrogens is 4. The molecule has 0 fully saturated rings. The van der Waals surface area contributed by atoms with Crippen molar-refractivity contribution < 1.29 is 4.39 Å². The van der Waals surface area contributed by atoms with Crippen molar-refractivity contribution in [3.05, 3.63) is 66.5 Å². The zero-order chi connectivity index (χ0) is 16.1. The SMILES string of the molecule is C[C@@H](CCn1cccn1)NCc1cnn(-c2ccc(F)cc2)c1. The first kappa shape index (κ1) is 15.4. The van der Waals surface area contributed by atoms with E-state index in [1.54, 1.807) is 23.0 Å². The van der Waals surface area contributed by atoms with Crippen molar-refractivity contribution in [3.63, 3.8) is 0 Å². The van der Waals surface area contributed by atoms with Gasteiger partial charge in [-0.3, -0.25) is 4.68 Å². The third-order valence-corrected chi connectivity index (χ3v) is 3.73. The van der Waals surface area contributed by atoms with Crippen LogP contribution < -0.4 is 5.32 Å². The third-order valence-electron chi connectivity index (χ3n) is 3.73. The molecule has 5 nitrogen and oxygen atoms in total. The van der Waals surface area contributed by atoms with E-state index in [1.807, 2.05) is 29.3 Å². The number of halogens is 1. The number of nitrogens with zero attached hydrogens (tertiary/aromatic N) is 4. The second kappa shape index (κ2) is 7.19. The van der Waals surface area contributed by atoms with Crippen molar-refractivity contribution in [2.75, 3.05) is 0 Å². The average Bonchev–Trinajstić information content (AvgIpc) is 3.23. The van der Waals surface area contributed by atoms with E-state index in [9.17, 15) is 4.39 Å². The highest BCUT2D eigenvalue weighted by Gasteiger charge is 2.05. The second-order valence-electron chi connectivity index (χ2n) is 5.61. The van der Waals surface area contributed by atoms with Crippen molar-refractivity contribution in [2.24, 2.45) is 0 Å². The molecule has 0 radical (unpaired) electrons. The Balaban J connectivity index is 1.49. The molecule has 0 saturated heterocycles. The Morgan fingerprint density at radius 3 is 2.78 bits per heavy atom. The zero-order valence-corrected chi connectivity index (χ0v) is 13.1. The molecule has 0 aliphatic rings. The fraction of sp³-hybridized carbons (Fsp3) is 0.294. The number of hydrogen-bond donors (Lipinski definition) is 1. The summed E-state index contributed by atoms with van der Waals surface area (Å²) in [7, 11) is 0. The molecule has 2 heterocycles. The van der Waals surface area contributed by atoms with Crippen molar-refractivity contribution in [2.45, 2.75) is 32.5 Å². The molecule has 3 rings (SSSR count). The molecular formula is C17H20FN5. The molecule has 0 aliphatic heterocycles. The molecule has 0 unspecified atom stereocenters. The largest absolute Gasteiger partial charge is 0.310 e. The summed E-state index contributed by atoms with van der Waals surface area (Å²) in [5.41, 5.74) is 1.95. The van der Waals surface area contributed by atoms with Crippen molar-refractivity contribution in [1.29, 1.82) is 0 Å². The van der Waals surface area contributed by atoms with E-state index in [-0.39, 0.29) is 5.82 Å². The van der Waals surface area contributed by atoms with Gasteiger partial charge in [-0.25, -0.2) is 9.07 Å². The molecule has 0 amide bonds. The molecule has 1 atom stereocenters. The minimum Gasteiger partial charge on any atom is -0.310 e. The summed E-state index contributed by atoms with van der Waals surface area (Å²) in [6.07, 6.45) is 8.56. The summed E-state index contributed by atoms with van der Waals surface area (Å²) in [5.74, 6) is -0.242. The van der Waals surface area contributed by atoms with Gasteiger partial charge in [0, 0.05) is 43.3 Å². The molecule has 2 aromatic heterocycles. The van der Waals surface area contributed by atoms with Crippen LogP contribution in [0.5, 0.6) is 0 Å². The van der Waals surface area contributed by atoms with E-state index >= 15 is 0 Å². The van der Waals surface area contributed by atoms with Gasteiger partial charge >= 0.3 is 0 Å². The minimum atomic E-state index is -0.242. The first-order valence-electron chi connectivity index (χ1n) is 7.71. The fourth-order valence-electron chi connectivity index (χ4n) is 2.34. The van der Waals surface area contributed by atoms with Crippen LogP contribution in [0.25, 0.3) is 5.69 Å². The number of benzene rings is 1. The van der Waals surface area contributed by atoms with E-state index in [2.05, 4.69) is 22.4 Å². The van der Waals surface area contributed by atoms with Gasteiger partial charge in [-0.2, -0.15) is 10.2 Å². The topological polar surface area (TPSA) is 47.7 Å². The van der Waals surface area contributed by atoms with Crippen molar-refractivity contribution in [1.82, 2.24) is 24.9 Å². The quantitative estimate of drug-likeness (QED) is 0.729. The lowest BCUT2D eigenvalue weighted by Crippen LogP contribution is -2.26. The van der Waals surface area contributed by atoms with Gasteiger partial charge < -0.3 is 5.32 Å². The molecule has 1 aromatic carbocycles. The van der Waals surface area contributed by atoms with E-state index in [0.717, 1.165) is 30.8 Å². The van der Waals surface area contributed by atoms with Gasteiger partial charge in [0.05, 0.1) is 11.9 Å². The van der Waals surface area contributed by atoms with Crippen LogP contribution in [0.2, 0.25) is 0 Å². The van der Waals surface area contributed by atoms with Gasteiger partial charge in [0.2, 0.25) is 0 Å². The van der Waals surface area contributed by atoms with Gasteiger partial charge in [0.1, 0.15) is 5.82 Å². The van der Waals surface area contributed by atoms with Gasteiger partial charge in [-0.15, -0.1) is 0 Å². The summed E-state index contributed by atoms with van der Waals surface area (Å²) >= 11 is 0. The van der Waals surface area contributed by atoms with Crippen LogP contribution in [0.4, 0.5) is 4.39 Å². The Labute approximate surface area is 134 Å². The molecule has 120 valence electrons. The lowest BCUT2D eigenvalue weighted by atomic mass is 10.2. The lowest BCUT2D eigenvalue weighted by Gasteiger charge is -2.12. The highest BCUT2D eigenvalue weighted by molar-refractivity contribution is 5.31. The predicted octanol–water partition coefficient (Wildman–Crippen LogP) is 2.78. The van der Waals surface area contributed by atoms with Gasteiger partial charge in [-0.1, -0.05) is 0 Å². The molecule has 0 bridgehead atoms. The van der Waals surface area contributed by atoms with Crippen LogP contribution in [-0.2, 0) is 13.1 Å². The summed E-state index contributed by atoms with van der Waals surface area (Å²) in [4.78, 5) is 0. The van der Waals surface area contributed by atoms with E-state index < -0.39 is 0 Å². The Kier molecular flexibility index (Phi) is 4.83. The summed E-state index contributed by atoms with van der Waals surface area (Å²) < 4.78 is 16.6. The maximum absolute atomic E-state index is 12.9. The van der Waals surface area contributed by atoms with Crippen LogP contribution in [0, 0.1) is 5.82 Å². The van der Waals surface area contributed by atoms with Crippen molar-refractivity contribution in [3.8, 4) is 5.69 Å². The van der Waals surface area contributed by atoms with Crippen LogP contribution in [0.15, 0.2) is 55.1 Å². The zero-order valence-electron chi connectivity index (χ0n) is 13.1.